The van der Waals surface area contributed by atoms with E-state index >= 15 is 0 Å². The van der Waals surface area contributed by atoms with E-state index in [4.69, 9.17) is 0 Å². The number of hydrogen-bond acceptors (Lipinski definition) is 4. The molecule has 2 aliphatic rings. The molecule has 2 aromatic rings. The Balaban J connectivity index is 1.45. The summed E-state index contributed by atoms with van der Waals surface area (Å²) in [5, 5.41) is 3.62. The van der Waals surface area contributed by atoms with Crippen molar-refractivity contribution in [3.8, 4) is 0 Å². The predicted molar refractivity (Wildman–Crippen MR) is 111 cm³/mol. The molecule has 1 saturated heterocycles. The van der Waals surface area contributed by atoms with E-state index in [2.05, 4.69) is 58.3 Å². The van der Waals surface area contributed by atoms with Gasteiger partial charge in [0, 0.05) is 18.4 Å². The van der Waals surface area contributed by atoms with Gasteiger partial charge in [-0.2, -0.15) is 0 Å². The average Bonchev–Trinajstić information content (AvgIpc) is 2.66. The maximum Gasteiger partial charge on any atom is 0.223 e. The summed E-state index contributed by atoms with van der Waals surface area (Å²) in [7, 11) is 0. The van der Waals surface area contributed by atoms with E-state index < -0.39 is 0 Å². The normalized spacial score (nSPS) is 20.4. The number of nitrogens with zero attached hydrogens (tertiary/aromatic N) is 3. The van der Waals surface area contributed by atoms with E-state index in [1.807, 2.05) is 19.3 Å². The summed E-state index contributed by atoms with van der Waals surface area (Å²) in [6.45, 7) is 9.07. The summed E-state index contributed by atoms with van der Waals surface area (Å²) >= 11 is 0. The Morgan fingerprint density at radius 1 is 1.04 bits per heavy atom. The molecule has 0 bridgehead atoms. The minimum atomic E-state index is 0.00873. The van der Waals surface area contributed by atoms with Crippen LogP contribution in [-0.4, -0.2) is 34.0 Å². The average molecular weight is 365 g/mol. The Morgan fingerprint density at radius 2 is 1.67 bits per heavy atom. The second-order valence-electron chi connectivity index (χ2n) is 8.67. The Bertz CT molecular complexity index is 739. The highest BCUT2D eigenvalue weighted by molar-refractivity contribution is 5.41. The number of aromatic nitrogens is 2. The summed E-state index contributed by atoms with van der Waals surface area (Å²) in [6.07, 6.45) is 9.87. The van der Waals surface area contributed by atoms with Crippen LogP contribution in [0.25, 0.3) is 0 Å². The maximum absolute atomic E-state index is 4.46. The van der Waals surface area contributed by atoms with E-state index in [0.717, 1.165) is 24.4 Å². The zero-order chi connectivity index (χ0) is 18.9. The van der Waals surface area contributed by atoms with Crippen molar-refractivity contribution < 1.29 is 0 Å². The van der Waals surface area contributed by atoms with E-state index in [9.17, 15) is 0 Å². The van der Waals surface area contributed by atoms with Crippen LogP contribution in [0.2, 0.25) is 0 Å². The van der Waals surface area contributed by atoms with Crippen LogP contribution < -0.4 is 5.32 Å². The van der Waals surface area contributed by atoms with Crippen LogP contribution in [0.15, 0.2) is 36.7 Å². The molecule has 0 spiro atoms. The van der Waals surface area contributed by atoms with Crippen molar-refractivity contribution in [2.24, 2.45) is 0 Å². The van der Waals surface area contributed by atoms with E-state index in [1.165, 1.54) is 43.5 Å². The standard InChI is InChI=1S/C23H32N4/c1-17(2)27-13-9-20(10-14-27)19-5-7-21(8-6-19)23(11-4-12-23)26-22-24-15-18(3)16-25-22/h5-8,15-17,20H,4,9-14H2,1-3H3,(H,24,25,26). The number of anilines is 1. The SMILES string of the molecule is Cc1cnc(NC2(c3ccc(C4CCN(C(C)C)CC4)cc3)CCC2)nc1. The summed E-state index contributed by atoms with van der Waals surface area (Å²) in [5.41, 5.74) is 3.98. The van der Waals surface area contributed by atoms with Crippen molar-refractivity contribution in [2.45, 2.75) is 70.4 Å². The van der Waals surface area contributed by atoms with Gasteiger partial charge in [0.05, 0.1) is 5.54 Å². The lowest BCUT2D eigenvalue weighted by Gasteiger charge is -2.43. The minimum absolute atomic E-state index is 0.00873. The monoisotopic (exact) mass is 364 g/mol. The molecule has 1 saturated carbocycles. The van der Waals surface area contributed by atoms with Crippen molar-refractivity contribution in [1.29, 1.82) is 0 Å². The molecule has 0 unspecified atom stereocenters. The first-order valence-corrected chi connectivity index (χ1v) is 10.5. The molecule has 2 fully saturated rings. The van der Waals surface area contributed by atoms with Crippen molar-refractivity contribution in [1.82, 2.24) is 14.9 Å². The largest absolute Gasteiger partial charge is 0.345 e. The van der Waals surface area contributed by atoms with Gasteiger partial charge in [-0.25, -0.2) is 9.97 Å². The lowest BCUT2D eigenvalue weighted by atomic mass is 9.71. The fraction of sp³-hybridized carbons (Fsp3) is 0.565. The number of hydrogen-bond donors (Lipinski definition) is 1. The fourth-order valence-corrected chi connectivity index (χ4v) is 4.51. The predicted octanol–water partition coefficient (Wildman–Crippen LogP) is 4.86. The zero-order valence-corrected chi connectivity index (χ0v) is 16.9. The molecule has 1 N–H and O–H groups in total. The first-order chi connectivity index (χ1) is 13.1. The molecule has 0 amide bonds. The van der Waals surface area contributed by atoms with Crippen LogP contribution >= 0.6 is 0 Å². The van der Waals surface area contributed by atoms with Crippen LogP contribution in [0.1, 0.15) is 68.6 Å². The maximum atomic E-state index is 4.46. The smallest absolute Gasteiger partial charge is 0.223 e. The minimum Gasteiger partial charge on any atom is -0.345 e. The van der Waals surface area contributed by atoms with Crippen LogP contribution in [0.5, 0.6) is 0 Å². The highest BCUT2D eigenvalue weighted by Gasteiger charge is 2.39. The van der Waals surface area contributed by atoms with Crippen LogP contribution in [0, 0.1) is 6.92 Å². The zero-order valence-electron chi connectivity index (χ0n) is 16.9. The van der Waals surface area contributed by atoms with Gasteiger partial charge in [0.2, 0.25) is 5.95 Å². The Morgan fingerprint density at radius 3 is 2.19 bits per heavy atom. The van der Waals surface area contributed by atoms with Gasteiger partial charge in [0.15, 0.2) is 0 Å². The molecule has 1 aromatic carbocycles. The Hall–Kier alpha value is -1.94. The van der Waals surface area contributed by atoms with Gasteiger partial charge >= 0.3 is 0 Å². The Kier molecular flexibility index (Phi) is 5.18. The third-order valence-corrected chi connectivity index (χ3v) is 6.53. The van der Waals surface area contributed by atoms with Crippen molar-refractivity contribution in [2.75, 3.05) is 18.4 Å². The fourth-order valence-electron chi connectivity index (χ4n) is 4.51. The van der Waals surface area contributed by atoms with Crippen LogP contribution in [0.3, 0.4) is 0 Å². The van der Waals surface area contributed by atoms with Crippen LogP contribution in [-0.2, 0) is 5.54 Å². The molecular formula is C23H32N4. The molecule has 4 rings (SSSR count). The molecule has 144 valence electrons. The molecule has 0 atom stereocenters. The quantitative estimate of drug-likeness (QED) is 0.822. The lowest BCUT2D eigenvalue weighted by molar-refractivity contribution is 0.172. The number of piperidine rings is 1. The van der Waals surface area contributed by atoms with Crippen molar-refractivity contribution in [3.05, 3.63) is 53.3 Å². The van der Waals surface area contributed by atoms with Gasteiger partial charge in [-0.3, -0.25) is 0 Å². The first-order valence-electron chi connectivity index (χ1n) is 10.5. The molecule has 27 heavy (non-hydrogen) atoms. The molecular weight excluding hydrogens is 332 g/mol. The molecule has 1 aliphatic carbocycles. The lowest BCUT2D eigenvalue weighted by Crippen LogP contribution is -2.42. The van der Waals surface area contributed by atoms with E-state index in [1.54, 1.807) is 0 Å². The Labute approximate surface area is 163 Å². The summed E-state index contributed by atoms with van der Waals surface area (Å²) < 4.78 is 0. The molecule has 4 heteroatoms. The second kappa shape index (κ2) is 7.59. The van der Waals surface area contributed by atoms with Crippen molar-refractivity contribution >= 4 is 5.95 Å². The number of nitrogens with one attached hydrogen (secondary N) is 1. The molecule has 1 aromatic heterocycles. The molecule has 1 aliphatic heterocycles. The second-order valence-corrected chi connectivity index (χ2v) is 8.67. The third-order valence-electron chi connectivity index (χ3n) is 6.53. The highest BCUT2D eigenvalue weighted by atomic mass is 15.2. The van der Waals surface area contributed by atoms with Gasteiger partial charge in [-0.05, 0) is 88.6 Å². The van der Waals surface area contributed by atoms with Gasteiger partial charge in [0.1, 0.15) is 0 Å². The van der Waals surface area contributed by atoms with E-state index in [-0.39, 0.29) is 5.54 Å². The van der Waals surface area contributed by atoms with E-state index in [0.29, 0.717) is 12.0 Å². The van der Waals surface area contributed by atoms with Crippen molar-refractivity contribution in [3.63, 3.8) is 0 Å². The number of benzene rings is 1. The summed E-state index contributed by atoms with van der Waals surface area (Å²) in [4.78, 5) is 11.5. The van der Waals surface area contributed by atoms with Gasteiger partial charge in [-0.1, -0.05) is 24.3 Å². The molecule has 0 radical (unpaired) electrons. The summed E-state index contributed by atoms with van der Waals surface area (Å²) in [5.74, 6) is 1.45. The molecule has 2 heterocycles. The number of rotatable bonds is 5. The first kappa shape index (κ1) is 18.4. The molecule has 4 nitrogen and oxygen atoms in total. The third kappa shape index (κ3) is 3.86. The number of aryl methyl sites for hydroxylation is 1. The highest BCUT2D eigenvalue weighted by Crippen LogP contribution is 2.44. The topological polar surface area (TPSA) is 41.1 Å². The van der Waals surface area contributed by atoms with Crippen LogP contribution in [0.4, 0.5) is 5.95 Å². The van der Waals surface area contributed by atoms with Gasteiger partial charge < -0.3 is 10.2 Å². The summed E-state index contributed by atoms with van der Waals surface area (Å²) in [6, 6.07) is 10.1. The van der Waals surface area contributed by atoms with Gasteiger partial charge in [0.25, 0.3) is 0 Å². The number of likely N-dealkylation sites (tertiary alicyclic amines) is 1. The van der Waals surface area contributed by atoms with Gasteiger partial charge in [-0.15, -0.1) is 0 Å².